The lowest BCUT2D eigenvalue weighted by Crippen LogP contribution is -2.42. The Morgan fingerprint density at radius 2 is 2.10 bits per heavy atom. The largest absolute Gasteiger partial charge is 0.396 e. The van der Waals surface area contributed by atoms with Crippen LogP contribution in [0.15, 0.2) is 30.3 Å². The predicted molar refractivity (Wildman–Crippen MR) is 81.2 cm³/mol. The minimum Gasteiger partial charge on any atom is -0.396 e. The molecule has 0 spiro atoms. The molecule has 2 atom stereocenters. The zero-order chi connectivity index (χ0) is 14.4. The molecule has 0 aliphatic heterocycles. The maximum absolute atomic E-state index is 12.0. The van der Waals surface area contributed by atoms with Crippen LogP contribution in [0, 0.1) is 12.8 Å². The Hall–Kier alpha value is -1.61. The molecule has 1 amide bonds. The van der Waals surface area contributed by atoms with E-state index in [2.05, 4.69) is 5.32 Å². The number of hydrogen-bond donors (Lipinski definition) is 2. The molecule has 3 nitrogen and oxygen atoms in total. The van der Waals surface area contributed by atoms with Crippen LogP contribution in [0.1, 0.15) is 36.8 Å². The molecule has 2 N–H and O–H groups in total. The van der Waals surface area contributed by atoms with Crippen molar-refractivity contribution in [1.29, 1.82) is 0 Å². The third kappa shape index (κ3) is 3.94. The van der Waals surface area contributed by atoms with Gasteiger partial charge in [-0.2, -0.15) is 0 Å². The quantitative estimate of drug-likeness (QED) is 0.829. The molecular weight excluding hydrogens is 250 g/mol. The van der Waals surface area contributed by atoms with Crippen LogP contribution < -0.4 is 5.32 Å². The van der Waals surface area contributed by atoms with Gasteiger partial charge in [-0.15, -0.1) is 0 Å². The molecule has 0 saturated heterocycles. The van der Waals surface area contributed by atoms with E-state index in [1.807, 2.05) is 37.3 Å². The van der Waals surface area contributed by atoms with E-state index in [1.165, 1.54) is 0 Å². The lowest BCUT2D eigenvalue weighted by molar-refractivity contribution is -0.117. The van der Waals surface area contributed by atoms with Crippen molar-refractivity contribution < 1.29 is 9.90 Å². The van der Waals surface area contributed by atoms with Gasteiger partial charge in [0, 0.05) is 24.6 Å². The van der Waals surface area contributed by atoms with Gasteiger partial charge in [0.1, 0.15) is 0 Å². The van der Waals surface area contributed by atoms with Gasteiger partial charge < -0.3 is 10.4 Å². The van der Waals surface area contributed by atoms with E-state index < -0.39 is 0 Å². The molecule has 0 aromatic heterocycles. The summed E-state index contributed by atoms with van der Waals surface area (Å²) in [5.41, 5.74) is 2.22. The summed E-state index contributed by atoms with van der Waals surface area (Å²) in [6, 6.07) is 8.09. The summed E-state index contributed by atoms with van der Waals surface area (Å²) in [4.78, 5) is 12.0. The van der Waals surface area contributed by atoms with Crippen LogP contribution in [0.3, 0.4) is 0 Å². The monoisotopic (exact) mass is 273 g/mol. The highest BCUT2D eigenvalue weighted by Crippen LogP contribution is 2.23. The average Bonchev–Trinajstić information content (AvgIpc) is 2.47. The second kappa shape index (κ2) is 7.25. The highest BCUT2D eigenvalue weighted by Gasteiger charge is 2.25. The number of aliphatic hydroxyl groups is 1. The summed E-state index contributed by atoms with van der Waals surface area (Å²) in [6.07, 6.45) is 7.69. The number of benzene rings is 1. The van der Waals surface area contributed by atoms with Crippen molar-refractivity contribution in [2.75, 3.05) is 6.61 Å². The van der Waals surface area contributed by atoms with Crippen molar-refractivity contribution in [3.8, 4) is 0 Å². The summed E-state index contributed by atoms with van der Waals surface area (Å²) in [5, 5.41) is 12.4. The fourth-order valence-corrected chi connectivity index (χ4v) is 2.79. The van der Waals surface area contributed by atoms with Crippen LogP contribution in [0.2, 0.25) is 0 Å². The van der Waals surface area contributed by atoms with Crippen LogP contribution >= 0.6 is 0 Å². The zero-order valence-corrected chi connectivity index (χ0v) is 12.0. The number of carbonyl (C=O) groups is 1. The predicted octanol–water partition coefficient (Wildman–Crippen LogP) is 2.68. The first-order chi connectivity index (χ1) is 9.70. The van der Waals surface area contributed by atoms with Crippen LogP contribution in [-0.4, -0.2) is 23.7 Å². The van der Waals surface area contributed by atoms with E-state index in [4.69, 9.17) is 0 Å². The molecule has 1 aromatic rings. The van der Waals surface area contributed by atoms with E-state index in [0.29, 0.717) is 0 Å². The van der Waals surface area contributed by atoms with Gasteiger partial charge in [-0.3, -0.25) is 4.79 Å². The number of nitrogens with one attached hydrogen (secondary N) is 1. The second-order valence-corrected chi connectivity index (χ2v) is 5.53. The molecule has 0 radical (unpaired) electrons. The number of carbonyl (C=O) groups excluding carboxylic acids is 1. The number of rotatable bonds is 4. The number of aliphatic hydroxyl groups excluding tert-OH is 1. The van der Waals surface area contributed by atoms with E-state index >= 15 is 0 Å². The third-order valence-corrected chi connectivity index (χ3v) is 4.07. The Labute approximate surface area is 120 Å². The van der Waals surface area contributed by atoms with Crippen LogP contribution in [0.5, 0.6) is 0 Å². The summed E-state index contributed by atoms with van der Waals surface area (Å²) in [5.74, 6) is 0.137. The standard InChI is InChI=1S/C17H23NO2/c1-13-6-2-3-7-14(13)10-11-17(20)18-16-9-5-4-8-15(16)12-19/h2-3,6-7,10-11,15-16,19H,4-5,8-9,12H2,1H3,(H,18,20)/b11-10+. The Bertz CT molecular complexity index is 482. The Kier molecular flexibility index (Phi) is 5.36. The highest BCUT2D eigenvalue weighted by molar-refractivity contribution is 5.92. The van der Waals surface area contributed by atoms with Crippen molar-refractivity contribution in [2.45, 2.75) is 38.6 Å². The van der Waals surface area contributed by atoms with Gasteiger partial charge in [0.05, 0.1) is 0 Å². The molecular formula is C17H23NO2. The van der Waals surface area contributed by atoms with Gasteiger partial charge in [-0.25, -0.2) is 0 Å². The third-order valence-electron chi connectivity index (χ3n) is 4.07. The number of hydrogen-bond acceptors (Lipinski definition) is 2. The molecule has 1 aromatic carbocycles. The van der Waals surface area contributed by atoms with Crippen LogP contribution in [-0.2, 0) is 4.79 Å². The van der Waals surface area contributed by atoms with Crippen molar-refractivity contribution >= 4 is 12.0 Å². The zero-order valence-electron chi connectivity index (χ0n) is 12.0. The van der Waals surface area contributed by atoms with Crippen molar-refractivity contribution in [1.82, 2.24) is 5.32 Å². The van der Waals surface area contributed by atoms with E-state index in [0.717, 1.165) is 36.8 Å². The van der Waals surface area contributed by atoms with E-state index in [-0.39, 0.29) is 24.5 Å². The lowest BCUT2D eigenvalue weighted by atomic mass is 9.85. The maximum Gasteiger partial charge on any atom is 0.244 e. The smallest absolute Gasteiger partial charge is 0.244 e. The summed E-state index contributed by atoms with van der Waals surface area (Å²) in [6.45, 7) is 2.19. The molecule has 1 aliphatic carbocycles. The van der Waals surface area contributed by atoms with Gasteiger partial charge in [0.25, 0.3) is 0 Å². The highest BCUT2D eigenvalue weighted by atomic mass is 16.3. The molecule has 1 saturated carbocycles. The summed E-state index contributed by atoms with van der Waals surface area (Å²) >= 11 is 0. The molecule has 0 heterocycles. The first kappa shape index (κ1) is 14.8. The lowest BCUT2D eigenvalue weighted by Gasteiger charge is -2.30. The number of aryl methyl sites for hydroxylation is 1. The fraction of sp³-hybridized carbons (Fsp3) is 0.471. The van der Waals surface area contributed by atoms with Gasteiger partial charge in [-0.05, 0) is 37.0 Å². The first-order valence-electron chi connectivity index (χ1n) is 7.36. The van der Waals surface area contributed by atoms with Gasteiger partial charge in [0.2, 0.25) is 5.91 Å². The molecule has 2 unspecified atom stereocenters. The van der Waals surface area contributed by atoms with E-state index in [9.17, 15) is 9.90 Å². The Balaban J connectivity index is 1.93. The van der Waals surface area contributed by atoms with Gasteiger partial charge in [-0.1, -0.05) is 37.1 Å². The van der Waals surface area contributed by atoms with Gasteiger partial charge >= 0.3 is 0 Å². The fourth-order valence-electron chi connectivity index (χ4n) is 2.79. The molecule has 1 aliphatic rings. The van der Waals surface area contributed by atoms with Crippen LogP contribution in [0.25, 0.3) is 6.08 Å². The Morgan fingerprint density at radius 3 is 2.85 bits per heavy atom. The minimum atomic E-state index is -0.0707. The Morgan fingerprint density at radius 1 is 1.35 bits per heavy atom. The molecule has 108 valence electrons. The van der Waals surface area contributed by atoms with Crippen LogP contribution in [0.4, 0.5) is 0 Å². The minimum absolute atomic E-state index is 0.0707. The van der Waals surface area contributed by atoms with Gasteiger partial charge in [0.15, 0.2) is 0 Å². The summed E-state index contributed by atoms with van der Waals surface area (Å²) < 4.78 is 0. The number of amides is 1. The average molecular weight is 273 g/mol. The van der Waals surface area contributed by atoms with Crippen molar-refractivity contribution in [2.24, 2.45) is 5.92 Å². The van der Waals surface area contributed by atoms with Crippen molar-refractivity contribution in [3.63, 3.8) is 0 Å². The summed E-state index contributed by atoms with van der Waals surface area (Å²) in [7, 11) is 0. The molecule has 20 heavy (non-hydrogen) atoms. The molecule has 1 fully saturated rings. The first-order valence-corrected chi connectivity index (χ1v) is 7.36. The normalized spacial score (nSPS) is 22.9. The van der Waals surface area contributed by atoms with Crippen molar-refractivity contribution in [3.05, 3.63) is 41.5 Å². The molecule has 2 rings (SSSR count). The van der Waals surface area contributed by atoms with E-state index in [1.54, 1.807) is 6.08 Å². The maximum atomic E-state index is 12.0. The molecule has 0 bridgehead atoms. The topological polar surface area (TPSA) is 49.3 Å². The SMILES string of the molecule is Cc1ccccc1/C=C/C(=O)NC1CCCCC1CO. The second-order valence-electron chi connectivity index (χ2n) is 5.53. The molecule has 3 heteroatoms.